The summed E-state index contributed by atoms with van der Waals surface area (Å²) in [6.45, 7) is 6.82. The lowest BCUT2D eigenvalue weighted by Gasteiger charge is -2.27. The molecule has 0 aromatic carbocycles. The van der Waals surface area contributed by atoms with Crippen LogP contribution < -0.4 is 5.32 Å². The summed E-state index contributed by atoms with van der Waals surface area (Å²) >= 11 is 0. The number of amides is 1. The Balaban J connectivity index is 5.30. The standard InChI is InChI=1S/C72H123N2O7P/c1-7-10-13-16-19-22-25-28-30-32-34-36-37-39-41-43-45-47-50-53-56-59-62-65-72(76)81-70(63-60-57-54-51-48-27-24-21-18-15-12-9-3)69(68-80-82(77,78)79-67-66-74(4,5)6)73-71(75)64-61-58-55-52-49-46-44-42-40-38-35-33-31-29-26-23-20-17-14-11-8-2/h10,13,19-20,22-23,28-31,34-36,38-39,41-42,44-45,47,60,63,69-70H,7-9,11-12,14-18,21,24-27,32-33,37,40,43,46,48-59,61-62,64-68H2,1-6H3,(H-,73,75,77,78)/p+1/b13-10-,22-19-,23-20-,30-28-,31-29-,36-34-,38-35-,41-39-,44-42-,47-45-,63-60+. The van der Waals surface area contributed by atoms with Gasteiger partial charge in [-0.3, -0.25) is 18.6 Å². The number of allylic oxidation sites excluding steroid dienone is 21. The minimum Gasteiger partial charge on any atom is -0.456 e. The molecule has 0 saturated heterocycles. The first kappa shape index (κ1) is 78.1. The predicted octanol–water partition coefficient (Wildman–Crippen LogP) is 20.8. The molecule has 9 nitrogen and oxygen atoms in total. The van der Waals surface area contributed by atoms with E-state index >= 15 is 0 Å². The number of phosphoric ester groups is 1. The fourth-order valence-electron chi connectivity index (χ4n) is 8.75. The van der Waals surface area contributed by atoms with Gasteiger partial charge in [-0.1, -0.05) is 251 Å². The van der Waals surface area contributed by atoms with Crippen LogP contribution >= 0.6 is 7.82 Å². The highest BCUT2D eigenvalue weighted by atomic mass is 31.2. The van der Waals surface area contributed by atoms with E-state index in [0.29, 0.717) is 23.9 Å². The Morgan fingerprint density at radius 2 is 0.780 bits per heavy atom. The van der Waals surface area contributed by atoms with Crippen molar-refractivity contribution < 1.29 is 37.3 Å². The maximum atomic E-state index is 13.6. The van der Waals surface area contributed by atoms with E-state index in [2.05, 4.69) is 148 Å². The largest absolute Gasteiger partial charge is 0.472 e. The Morgan fingerprint density at radius 3 is 1.20 bits per heavy atom. The van der Waals surface area contributed by atoms with Crippen LogP contribution in [0.5, 0.6) is 0 Å². The quantitative estimate of drug-likeness (QED) is 0.0205. The second-order valence-electron chi connectivity index (χ2n) is 22.9. The molecular formula is C72H124N2O7P+. The van der Waals surface area contributed by atoms with Gasteiger partial charge in [0.05, 0.1) is 33.8 Å². The van der Waals surface area contributed by atoms with Crippen LogP contribution in [0.2, 0.25) is 0 Å². The number of nitrogens with zero attached hydrogens (tertiary/aromatic N) is 1. The summed E-state index contributed by atoms with van der Waals surface area (Å²) in [6.07, 6.45) is 85.9. The average molecular weight is 1160 g/mol. The monoisotopic (exact) mass is 1160 g/mol. The molecule has 0 spiro atoms. The summed E-state index contributed by atoms with van der Waals surface area (Å²) in [5, 5.41) is 3.04. The number of hydrogen-bond acceptors (Lipinski definition) is 6. The molecule has 0 aliphatic rings. The van der Waals surface area contributed by atoms with Gasteiger partial charge in [0.25, 0.3) is 0 Å². The van der Waals surface area contributed by atoms with Gasteiger partial charge in [0, 0.05) is 12.8 Å². The number of carbonyl (C=O) groups is 2. The normalized spacial score (nSPS) is 14.5. The molecule has 0 heterocycles. The smallest absolute Gasteiger partial charge is 0.456 e. The lowest BCUT2D eigenvalue weighted by Crippen LogP contribution is -2.47. The Kier molecular flexibility index (Phi) is 57.4. The number of unbranched alkanes of at least 4 members (excludes halogenated alkanes) is 22. The van der Waals surface area contributed by atoms with Gasteiger partial charge in [-0.25, -0.2) is 4.57 Å². The number of carbonyl (C=O) groups excluding carboxylic acids is 2. The van der Waals surface area contributed by atoms with Gasteiger partial charge in [0.2, 0.25) is 5.91 Å². The number of ether oxygens (including phenoxy) is 1. The van der Waals surface area contributed by atoms with Gasteiger partial charge < -0.3 is 19.4 Å². The molecule has 0 bridgehead atoms. The van der Waals surface area contributed by atoms with E-state index in [1.807, 2.05) is 33.3 Å². The van der Waals surface area contributed by atoms with Crippen LogP contribution in [-0.4, -0.2) is 74.3 Å². The molecule has 0 aliphatic heterocycles. The molecule has 0 aromatic heterocycles. The molecular weight excluding hydrogens is 1040 g/mol. The van der Waals surface area contributed by atoms with Gasteiger partial charge in [-0.15, -0.1) is 0 Å². The first-order valence-corrected chi connectivity index (χ1v) is 34.5. The molecule has 82 heavy (non-hydrogen) atoms. The van der Waals surface area contributed by atoms with Gasteiger partial charge >= 0.3 is 13.8 Å². The fraction of sp³-hybridized carbons (Fsp3) is 0.667. The zero-order valence-corrected chi connectivity index (χ0v) is 54.3. The molecule has 0 radical (unpaired) electrons. The van der Waals surface area contributed by atoms with E-state index < -0.39 is 20.0 Å². The molecule has 1 amide bonds. The van der Waals surface area contributed by atoms with Crippen LogP contribution in [0.3, 0.4) is 0 Å². The average Bonchev–Trinajstić information content (AvgIpc) is 3.44. The van der Waals surface area contributed by atoms with Gasteiger partial charge in [0.15, 0.2) is 0 Å². The van der Waals surface area contributed by atoms with E-state index in [0.717, 1.165) is 141 Å². The lowest BCUT2D eigenvalue weighted by atomic mass is 10.0. The highest BCUT2D eigenvalue weighted by Gasteiger charge is 2.30. The van der Waals surface area contributed by atoms with Crippen LogP contribution in [0.4, 0.5) is 0 Å². The van der Waals surface area contributed by atoms with E-state index in [9.17, 15) is 19.0 Å². The molecule has 0 rings (SSSR count). The highest BCUT2D eigenvalue weighted by Crippen LogP contribution is 2.43. The Bertz CT molecular complexity index is 1860. The van der Waals surface area contributed by atoms with Crippen LogP contribution in [-0.2, 0) is 27.9 Å². The van der Waals surface area contributed by atoms with E-state index in [4.69, 9.17) is 13.8 Å². The number of nitrogens with one attached hydrogen (secondary N) is 1. The zero-order valence-electron chi connectivity index (χ0n) is 53.4. The van der Waals surface area contributed by atoms with Gasteiger partial charge in [-0.05, 0) is 128 Å². The first-order chi connectivity index (χ1) is 39.9. The van der Waals surface area contributed by atoms with Crippen molar-refractivity contribution in [2.45, 2.75) is 270 Å². The van der Waals surface area contributed by atoms with E-state index in [1.54, 1.807) is 0 Å². The van der Waals surface area contributed by atoms with Crippen molar-refractivity contribution in [1.82, 2.24) is 5.32 Å². The van der Waals surface area contributed by atoms with E-state index in [1.165, 1.54) is 77.0 Å². The Hall–Kier alpha value is -3.85. The van der Waals surface area contributed by atoms with E-state index in [-0.39, 0.29) is 31.5 Å². The van der Waals surface area contributed by atoms with Gasteiger partial charge in [-0.2, -0.15) is 0 Å². The van der Waals surface area contributed by atoms with Crippen molar-refractivity contribution in [2.24, 2.45) is 0 Å². The summed E-state index contributed by atoms with van der Waals surface area (Å²) in [5.41, 5.74) is 0. The molecule has 3 atom stereocenters. The molecule has 0 fully saturated rings. The molecule has 2 N–H and O–H groups in total. The Labute approximate surface area is 505 Å². The number of likely N-dealkylation sites (N-methyl/N-ethyl adjacent to an activating group) is 1. The third-order valence-corrected chi connectivity index (χ3v) is 14.8. The van der Waals surface area contributed by atoms with Crippen molar-refractivity contribution >= 4 is 19.7 Å². The lowest BCUT2D eigenvalue weighted by molar-refractivity contribution is -0.870. The Morgan fingerprint density at radius 1 is 0.439 bits per heavy atom. The fourth-order valence-corrected chi connectivity index (χ4v) is 9.49. The van der Waals surface area contributed by atoms with Crippen LogP contribution in [0.1, 0.15) is 258 Å². The zero-order chi connectivity index (χ0) is 60.0. The SMILES string of the molecule is CC/C=C\C/C=C\C/C=C\C/C=C\C/C=C\C/C=C\CCCCCCC(=O)OC(/C=C/CCCCCCCCCCCC)C(COP(=O)(O)OCC[N+](C)(C)C)NC(=O)CCCCCCC/C=C\C/C=C\C/C=C\C/C=C\CCCCC. The van der Waals surface area contributed by atoms with Crippen molar-refractivity contribution in [3.63, 3.8) is 0 Å². The minimum atomic E-state index is -4.47. The molecule has 10 heteroatoms. The summed E-state index contributed by atoms with van der Waals surface area (Å²) in [5.74, 6) is -0.563. The summed E-state index contributed by atoms with van der Waals surface area (Å²) in [6, 6.07) is -0.880. The van der Waals surface area contributed by atoms with Crippen molar-refractivity contribution in [1.29, 1.82) is 0 Å². The number of esters is 1. The second-order valence-corrected chi connectivity index (χ2v) is 24.4. The van der Waals surface area contributed by atoms with Crippen LogP contribution in [0.15, 0.2) is 134 Å². The number of quaternary nitrogens is 1. The van der Waals surface area contributed by atoms with Crippen LogP contribution in [0, 0.1) is 0 Å². The number of hydrogen-bond donors (Lipinski definition) is 2. The third kappa shape index (κ3) is 60.7. The maximum Gasteiger partial charge on any atom is 0.472 e. The molecule has 0 saturated carbocycles. The molecule has 468 valence electrons. The highest BCUT2D eigenvalue weighted by molar-refractivity contribution is 7.47. The topological polar surface area (TPSA) is 111 Å². The molecule has 0 aliphatic carbocycles. The minimum absolute atomic E-state index is 0.0242. The van der Waals surface area contributed by atoms with Crippen molar-refractivity contribution in [2.75, 3.05) is 40.9 Å². The van der Waals surface area contributed by atoms with Crippen LogP contribution in [0.25, 0.3) is 0 Å². The third-order valence-electron chi connectivity index (χ3n) is 13.8. The number of rotatable bonds is 58. The summed E-state index contributed by atoms with van der Waals surface area (Å²) in [7, 11) is 1.45. The molecule has 3 unspecified atom stereocenters. The summed E-state index contributed by atoms with van der Waals surface area (Å²) < 4.78 is 30.7. The second kappa shape index (κ2) is 60.3. The van der Waals surface area contributed by atoms with Crippen molar-refractivity contribution in [3.8, 4) is 0 Å². The van der Waals surface area contributed by atoms with Crippen molar-refractivity contribution in [3.05, 3.63) is 134 Å². The molecule has 0 aromatic rings. The number of phosphoric acid groups is 1. The maximum absolute atomic E-state index is 13.6. The summed E-state index contributed by atoms with van der Waals surface area (Å²) in [4.78, 5) is 37.8. The van der Waals surface area contributed by atoms with Gasteiger partial charge in [0.1, 0.15) is 19.3 Å². The predicted molar refractivity (Wildman–Crippen MR) is 355 cm³/mol. The first-order valence-electron chi connectivity index (χ1n) is 33.0.